The van der Waals surface area contributed by atoms with E-state index in [1.54, 1.807) is 12.3 Å². The Balaban J connectivity index is 1.46. The maximum atomic E-state index is 13.3. The summed E-state index contributed by atoms with van der Waals surface area (Å²) in [5.74, 6) is -0.349. The van der Waals surface area contributed by atoms with Crippen molar-refractivity contribution in [1.29, 1.82) is 0 Å². The van der Waals surface area contributed by atoms with Gasteiger partial charge in [-0.1, -0.05) is 12.1 Å². The van der Waals surface area contributed by atoms with Crippen molar-refractivity contribution >= 4 is 38.6 Å². The van der Waals surface area contributed by atoms with Gasteiger partial charge in [-0.25, -0.2) is 8.42 Å². The molecule has 1 saturated heterocycles. The molecule has 3 aromatic rings. The smallest absolute Gasteiger partial charge is 0.336 e. The Labute approximate surface area is 193 Å². The number of pyridine rings is 1. The number of carbonyl (C=O) groups is 1. The first-order valence-corrected chi connectivity index (χ1v) is 12.3. The minimum atomic E-state index is -4.40. The number of alkyl halides is 3. The number of halogens is 3. The standard InChI is InChI=1S/C22H20F3N3O3S2/c1-15-13-17-3-2-4-19(20(17)26-14-15)33(30,31)28-11-9-27(10-12-28)21(29)16-5-7-18(8-6-16)32-22(23,24)25/h2-8,13-14H,9-12H2,1H3. The summed E-state index contributed by atoms with van der Waals surface area (Å²) < 4.78 is 65.3. The number of rotatable bonds is 4. The number of carbonyl (C=O) groups excluding carboxylic acids is 1. The van der Waals surface area contributed by atoms with Crippen LogP contribution in [0.15, 0.2) is 64.5 Å². The predicted molar refractivity (Wildman–Crippen MR) is 119 cm³/mol. The predicted octanol–water partition coefficient (Wildman–Crippen LogP) is 4.30. The van der Waals surface area contributed by atoms with Crippen molar-refractivity contribution < 1.29 is 26.4 Å². The molecule has 1 amide bonds. The Morgan fingerprint density at radius 1 is 1.03 bits per heavy atom. The molecule has 0 unspecified atom stereocenters. The molecule has 33 heavy (non-hydrogen) atoms. The molecule has 0 bridgehead atoms. The topological polar surface area (TPSA) is 70.6 Å². The number of aryl methyl sites for hydroxylation is 1. The highest BCUT2D eigenvalue weighted by Crippen LogP contribution is 2.36. The third kappa shape index (κ3) is 5.15. The SMILES string of the molecule is Cc1cnc2c(S(=O)(=O)N3CCN(C(=O)c4ccc(SC(F)(F)F)cc4)CC3)cccc2c1. The number of para-hydroxylation sites is 1. The Morgan fingerprint density at radius 3 is 2.33 bits per heavy atom. The highest BCUT2D eigenvalue weighted by Gasteiger charge is 2.32. The van der Waals surface area contributed by atoms with Crippen LogP contribution in [0.25, 0.3) is 10.9 Å². The van der Waals surface area contributed by atoms with E-state index < -0.39 is 15.5 Å². The van der Waals surface area contributed by atoms with Crippen LogP contribution in [0.3, 0.4) is 0 Å². The summed E-state index contributed by atoms with van der Waals surface area (Å²) >= 11 is -0.244. The van der Waals surface area contributed by atoms with Crippen LogP contribution in [0.5, 0.6) is 0 Å². The van der Waals surface area contributed by atoms with Gasteiger partial charge in [0.1, 0.15) is 4.90 Å². The molecule has 1 aliphatic rings. The lowest BCUT2D eigenvalue weighted by atomic mass is 10.2. The number of nitrogens with zero attached hydrogens (tertiary/aromatic N) is 3. The number of amides is 1. The summed E-state index contributed by atoms with van der Waals surface area (Å²) in [7, 11) is -3.81. The second-order valence-corrected chi connectivity index (χ2v) is 10.7. The number of hydrogen-bond donors (Lipinski definition) is 0. The van der Waals surface area contributed by atoms with Crippen molar-refractivity contribution in [2.75, 3.05) is 26.2 Å². The molecule has 0 spiro atoms. The fourth-order valence-electron chi connectivity index (χ4n) is 3.70. The van der Waals surface area contributed by atoms with Crippen molar-refractivity contribution in [3.63, 3.8) is 0 Å². The number of piperazine rings is 1. The van der Waals surface area contributed by atoms with Crippen LogP contribution < -0.4 is 0 Å². The van der Waals surface area contributed by atoms with E-state index >= 15 is 0 Å². The molecule has 1 aliphatic heterocycles. The molecule has 0 N–H and O–H groups in total. The highest BCUT2D eigenvalue weighted by molar-refractivity contribution is 8.00. The van der Waals surface area contributed by atoms with Gasteiger partial charge in [0, 0.05) is 48.2 Å². The van der Waals surface area contributed by atoms with Crippen LogP contribution >= 0.6 is 11.8 Å². The molecule has 4 rings (SSSR count). The number of hydrogen-bond acceptors (Lipinski definition) is 5. The fraction of sp³-hybridized carbons (Fsp3) is 0.273. The van der Waals surface area contributed by atoms with Crippen LogP contribution in [0.2, 0.25) is 0 Å². The number of thioether (sulfide) groups is 1. The lowest BCUT2D eigenvalue weighted by Crippen LogP contribution is -2.50. The van der Waals surface area contributed by atoms with Gasteiger partial charge >= 0.3 is 5.51 Å². The second kappa shape index (κ2) is 8.96. The molecular formula is C22H20F3N3O3S2. The molecule has 11 heteroatoms. The van der Waals surface area contributed by atoms with Gasteiger partial charge in [0.15, 0.2) is 0 Å². The summed E-state index contributed by atoms with van der Waals surface area (Å²) in [6, 6.07) is 12.1. The van der Waals surface area contributed by atoms with Crippen LogP contribution in [-0.4, -0.2) is 60.2 Å². The number of sulfonamides is 1. The molecule has 6 nitrogen and oxygen atoms in total. The monoisotopic (exact) mass is 495 g/mol. The van der Waals surface area contributed by atoms with Crippen LogP contribution in [0.1, 0.15) is 15.9 Å². The number of aromatic nitrogens is 1. The van der Waals surface area contributed by atoms with E-state index in [0.29, 0.717) is 5.52 Å². The van der Waals surface area contributed by atoms with Gasteiger partial charge in [-0.2, -0.15) is 17.5 Å². The average Bonchev–Trinajstić information content (AvgIpc) is 2.77. The maximum absolute atomic E-state index is 13.3. The lowest BCUT2D eigenvalue weighted by Gasteiger charge is -2.34. The van der Waals surface area contributed by atoms with Crippen molar-refractivity contribution in [2.24, 2.45) is 0 Å². The Hall–Kier alpha value is -2.63. The van der Waals surface area contributed by atoms with Gasteiger partial charge in [0.2, 0.25) is 10.0 Å². The Morgan fingerprint density at radius 2 is 1.70 bits per heavy atom. The first kappa shape index (κ1) is 23.5. The molecule has 0 aliphatic carbocycles. The molecular weight excluding hydrogens is 475 g/mol. The number of fused-ring (bicyclic) bond motifs is 1. The quantitative estimate of drug-likeness (QED) is 0.505. The van der Waals surface area contributed by atoms with Crippen molar-refractivity contribution in [3.8, 4) is 0 Å². The zero-order chi connectivity index (χ0) is 23.8. The summed E-state index contributed by atoms with van der Waals surface area (Å²) in [6.45, 7) is 2.45. The summed E-state index contributed by atoms with van der Waals surface area (Å²) in [6.07, 6.45) is 1.62. The van der Waals surface area contributed by atoms with Gasteiger partial charge in [-0.05, 0) is 60.6 Å². The molecule has 0 atom stereocenters. The van der Waals surface area contributed by atoms with E-state index in [1.807, 2.05) is 19.1 Å². The van der Waals surface area contributed by atoms with Gasteiger partial charge in [0.25, 0.3) is 5.91 Å². The zero-order valence-corrected chi connectivity index (χ0v) is 19.2. The fourth-order valence-corrected chi connectivity index (χ4v) is 5.83. The lowest BCUT2D eigenvalue weighted by molar-refractivity contribution is -0.0328. The van der Waals surface area contributed by atoms with E-state index in [2.05, 4.69) is 4.98 Å². The van der Waals surface area contributed by atoms with E-state index in [4.69, 9.17) is 0 Å². The van der Waals surface area contributed by atoms with Crippen LogP contribution in [0.4, 0.5) is 13.2 Å². The van der Waals surface area contributed by atoms with Gasteiger partial charge < -0.3 is 4.90 Å². The summed E-state index contributed by atoms with van der Waals surface area (Å²) in [5.41, 5.74) is -2.81. The van der Waals surface area contributed by atoms with Crippen molar-refractivity contribution in [3.05, 3.63) is 65.9 Å². The summed E-state index contributed by atoms with van der Waals surface area (Å²) in [5, 5.41) is 0.733. The van der Waals surface area contributed by atoms with E-state index in [-0.39, 0.29) is 59.2 Å². The first-order valence-electron chi connectivity index (χ1n) is 10.1. The van der Waals surface area contributed by atoms with Crippen molar-refractivity contribution in [2.45, 2.75) is 22.2 Å². The van der Waals surface area contributed by atoms with Gasteiger partial charge in [0.05, 0.1) is 5.52 Å². The summed E-state index contributed by atoms with van der Waals surface area (Å²) in [4.78, 5) is 18.7. The molecule has 0 saturated carbocycles. The largest absolute Gasteiger partial charge is 0.446 e. The first-order chi connectivity index (χ1) is 15.5. The molecule has 174 valence electrons. The zero-order valence-electron chi connectivity index (χ0n) is 17.5. The third-order valence-electron chi connectivity index (χ3n) is 5.29. The van der Waals surface area contributed by atoms with Gasteiger partial charge in [-0.15, -0.1) is 0 Å². The normalized spacial score (nSPS) is 15.7. The van der Waals surface area contributed by atoms with Gasteiger partial charge in [-0.3, -0.25) is 9.78 Å². The van der Waals surface area contributed by atoms with E-state index in [0.717, 1.165) is 10.9 Å². The van der Waals surface area contributed by atoms with Crippen LogP contribution in [0, 0.1) is 6.92 Å². The Bertz CT molecular complexity index is 1290. The minimum absolute atomic E-state index is 0.00569. The van der Waals surface area contributed by atoms with Crippen LogP contribution in [-0.2, 0) is 10.0 Å². The molecule has 2 heterocycles. The molecule has 1 aromatic heterocycles. The molecule has 1 fully saturated rings. The molecule has 0 radical (unpaired) electrons. The molecule has 2 aromatic carbocycles. The van der Waals surface area contributed by atoms with E-state index in [9.17, 15) is 26.4 Å². The highest BCUT2D eigenvalue weighted by atomic mass is 32.2. The minimum Gasteiger partial charge on any atom is -0.336 e. The number of benzene rings is 2. The van der Waals surface area contributed by atoms with E-state index in [1.165, 1.54) is 39.5 Å². The maximum Gasteiger partial charge on any atom is 0.446 e. The third-order valence-corrected chi connectivity index (χ3v) is 7.96. The average molecular weight is 496 g/mol. The second-order valence-electron chi connectivity index (χ2n) is 7.61. The Kier molecular flexibility index (Phi) is 6.39. The van der Waals surface area contributed by atoms with Crippen molar-refractivity contribution in [1.82, 2.24) is 14.2 Å².